The number of unbranched alkanes of at least 4 members (excludes halogenated alkanes) is 1. The summed E-state index contributed by atoms with van der Waals surface area (Å²) in [5.41, 5.74) is 26.0. The van der Waals surface area contributed by atoms with Crippen molar-refractivity contribution in [2.45, 2.75) is 49.9 Å². The highest BCUT2D eigenvalue weighted by Crippen LogP contribution is 2.22. The van der Waals surface area contributed by atoms with E-state index in [1.807, 2.05) is 6.26 Å². The monoisotopic (exact) mass is 535 g/mol. The van der Waals surface area contributed by atoms with Gasteiger partial charge >= 0.3 is 23.9 Å². The van der Waals surface area contributed by atoms with E-state index < -0.39 is 48.0 Å². The number of carboxylic acid groups (broad SMARTS) is 4. The van der Waals surface area contributed by atoms with E-state index in [1.165, 1.54) is 21.6 Å². The highest BCUT2D eigenvalue weighted by atomic mass is 33.1. The fourth-order valence-electron chi connectivity index (χ4n) is 1.39. The van der Waals surface area contributed by atoms with Gasteiger partial charge in [-0.15, -0.1) is 0 Å². The van der Waals surface area contributed by atoms with E-state index in [1.54, 1.807) is 11.8 Å². The molecule has 4 atom stereocenters. The number of nitrogens with two attached hydrogens (primary N) is 5. The van der Waals surface area contributed by atoms with Gasteiger partial charge in [0.2, 0.25) is 0 Å². The second-order valence-electron chi connectivity index (χ2n) is 6.41. The molecular weight excluding hydrogens is 498 g/mol. The molecule has 0 bridgehead atoms. The van der Waals surface area contributed by atoms with Crippen molar-refractivity contribution in [3.05, 3.63) is 0 Å². The zero-order chi connectivity index (χ0) is 26.4. The molecule has 16 heteroatoms. The lowest BCUT2D eigenvalue weighted by molar-refractivity contribution is -0.139. The number of carbonyl (C=O) groups is 4. The van der Waals surface area contributed by atoms with Crippen molar-refractivity contribution in [2.75, 3.05) is 30.1 Å². The standard InChI is InChI=1S/C6H12N2O4S2.C6H14N2O2.C5H11NO2S/c7-3(5(9)10)1-13-14-2-4(8)6(11)12;7-4-2-1-3-5(8)6(9)10;1-9-3-2-4(6)5(7)8/h3-4H,1-2,7-8H2,(H,9,10)(H,11,12);5H,1-4,7-8H2,(H,9,10);4H,2-3,6H2,1H3,(H,7,8)/t3-,4-;5-;4-/m000/s1. The van der Waals surface area contributed by atoms with E-state index in [9.17, 15) is 19.2 Å². The molecule has 0 saturated heterocycles. The van der Waals surface area contributed by atoms with Crippen LogP contribution in [0, 0.1) is 0 Å². The van der Waals surface area contributed by atoms with Crippen molar-refractivity contribution < 1.29 is 39.6 Å². The molecule has 0 unspecified atom stereocenters. The molecule has 0 aliphatic rings. The Bertz CT molecular complexity index is 541. The molecule has 14 N–H and O–H groups in total. The van der Waals surface area contributed by atoms with Crippen LogP contribution in [0.4, 0.5) is 0 Å². The third kappa shape index (κ3) is 26.9. The van der Waals surface area contributed by atoms with Gasteiger partial charge < -0.3 is 49.1 Å². The molecule has 0 radical (unpaired) electrons. The first kappa shape index (κ1) is 36.3. The van der Waals surface area contributed by atoms with Gasteiger partial charge in [0, 0.05) is 11.5 Å². The van der Waals surface area contributed by atoms with Gasteiger partial charge in [0.1, 0.15) is 24.2 Å². The average molecular weight is 536 g/mol. The first-order valence-electron chi connectivity index (χ1n) is 9.68. The van der Waals surface area contributed by atoms with Crippen LogP contribution in [-0.4, -0.2) is 98.5 Å². The molecule has 0 saturated carbocycles. The largest absolute Gasteiger partial charge is 0.480 e. The quantitative estimate of drug-likeness (QED) is 0.0834. The van der Waals surface area contributed by atoms with Crippen molar-refractivity contribution >= 4 is 57.2 Å². The van der Waals surface area contributed by atoms with Crippen molar-refractivity contribution in [3.8, 4) is 0 Å². The van der Waals surface area contributed by atoms with Crippen LogP contribution in [0.5, 0.6) is 0 Å². The van der Waals surface area contributed by atoms with E-state index in [4.69, 9.17) is 49.1 Å². The molecular formula is C17H37N5O8S3. The van der Waals surface area contributed by atoms with Crippen LogP contribution in [0.2, 0.25) is 0 Å². The molecule has 0 spiro atoms. The minimum Gasteiger partial charge on any atom is -0.480 e. The molecule has 0 heterocycles. The van der Waals surface area contributed by atoms with E-state index in [0.717, 1.165) is 18.6 Å². The lowest BCUT2D eigenvalue weighted by atomic mass is 10.1. The molecule has 0 aliphatic heterocycles. The zero-order valence-corrected chi connectivity index (χ0v) is 20.9. The number of aliphatic carboxylic acids is 4. The first-order valence-corrected chi connectivity index (χ1v) is 13.6. The molecule has 0 fully saturated rings. The smallest absolute Gasteiger partial charge is 0.321 e. The van der Waals surface area contributed by atoms with Gasteiger partial charge in [-0.3, -0.25) is 19.2 Å². The molecule has 0 aliphatic carbocycles. The summed E-state index contributed by atoms with van der Waals surface area (Å²) in [6.07, 6.45) is 4.64. The van der Waals surface area contributed by atoms with Crippen LogP contribution < -0.4 is 28.7 Å². The lowest BCUT2D eigenvalue weighted by Crippen LogP contribution is -2.33. The number of hydrogen-bond acceptors (Lipinski definition) is 12. The van der Waals surface area contributed by atoms with Gasteiger partial charge in [0.05, 0.1) is 0 Å². The van der Waals surface area contributed by atoms with Crippen LogP contribution in [0.15, 0.2) is 0 Å². The number of thioether (sulfide) groups is 1. The van der Waals surface area contributed by atoms with Crippen molar-refractivity contribution in [2.24, 2.45) is 28.7 Å². The molecule has 0 aromatic rings. The Balaban J connectivity index is -0.000000423. The zero-order valence-electron chi connectivity index (χ0n) is 18.5. The molecule has 196 valence electrons. The van der Waals surface area contributed by atoms with Gasteiger partial charge in [0.25, 0.3) is 0 Å². The van der Waals surface area contributed by atoms with E-state index in [-0.39, 0.29) is 11.5 Å². The van der Waals surface area contributed by atoms with Gasteiger partial charge in [-0.2, -0.15) is 11.8 Å². The van der Waals surface area contributed by atoms with Gasteiger partial charge in [-0.05, 0) is 37.8 Å². The Kier molecular flexibility index (Phi) is 26.3. The fraction of sp³-hybridized carbons (Fsp3) is 0.765. The van der Waals surface area contributed by atoms with Gasteiger partial charge in [-0.25, -0.2) is 0 Å². The third-order valence-corrected chi connectivity index (χ3v) is 6.57. The van der Waals surface area contributed by atoms with E-state index in [0.29, 0.717) is 19.4 Å². The van der Waals surface area contributed by atoms with E-state index >= 15 is 0 Å². The molecule has 0 aromatic heterocycles. The maximum atomic E-state index is 10.3. The van der Waals surface area contributed by atoms with Crippen LogP contribution >= 0.6 is 33.3 Å². The molecule has 33 heavy (non-hydrogen) atoms. The number of rotatable bonds is 16. The summed E-state index contributed by atoms with van der Waals surface area (Å²) in [7, 11) is 2.41. The maximum absolute atomic E-state index is 10.3. The SMILES string of the molecule is CSCC[C@H](N)C(=O)O.NCCCC[C@H](N)C(=O)O.N[C@@H](CSSC[C@H](N)C(=O)O)C(=O)O. The molecule has 0 amide bonds. The predicted molar refractivity (Wildman–Crippen MR) is 133 cm³/mol. The Morgan fingerprint density at radius 1 is 0.667 bits per heavy atom. The Morgan fingerprint density at radius 3 is 1.33 bits per heavy atom. The maximum Gasteiger partial charge on any atom is 0.321 e. The first-order chi connectivity index (χ1) is 15.3. The van der Waals surface area contributed by atoms with Crippen molar-refractivity contribution in [3.63, 3.8) is 0 Å². The fourth-order valence-corrected chi connectivity index (χ4v) is 4.10. The second kappa shape index (κ2) is 23.9. The van der Waals surface area contributed by atoms with Gasteiger partial charge in [0.15, 0.2) is 0 Å². The predicted octanol–water partition coefficient (Wildman–Crippen LogP) is -1.13. The van der Waals surface area contributed by atoms with Crippen molar-refractivity contribution in [1.82, 2.24) is 0 Å². The van der Waals surface area contributed by atoms with Crippen molar-refractivity contribution in [1.29, 1.82) is 0 Å². The number of carboxylic acids is 4. The Labute approximate surface area is 205 Å². The topological polar surface area (TPSA) is 279 Å². The summed E-state index contributed by atoms with van der Waals surface area (Å²) in [6.45, 7) is 0.604. The van der Waals surface area contributed by atoms with E-state index in [2.05, 4.69) is 0 Å². The third-order valence-electron chi connectivity index (χ3n) is 3.45. The highest BCUT2D eigenvalue weighted by molar-refractivity contribution is 8.76. The number of hydrogen-bond donors (Lipinski definition) is 9. The summed E-state index contributed by atoms with van der Waals surface area (Å²) < 4.78 is 0. The molecule has 0 aromatic carbocycles. The summed E-state index contributed by atoms with van der Waals surface area (Å²) in [5.74, 6) is -2.71. The Hall–Kier alpha value is -1.27. The average Bonchev–Trinajstić information content (AvgIpc) is 2.75. The molecule has 0 rings (SSSR count). The van der Waals surface area contributed by atoms with Crippen LogP contribution in [0.25, 0.3) is 0 Å². The summed E-state index contributed by atoms with van der Waals surface area (Å²) >= 11 is 1.60. The molecule has 13 nitrogen and oxygen atoms in total. The lowest BCUT2D eigenvalue weighted by Gasteiger charge is -2.07. The minimum absolute atomic E-state index is 0.229. The second-order valence-corrected chi connectivity index (χ2v) is 9.95. The summed E-state index contributed by atoms with van der Waals surface area (Å²) in [6, 6.07) is -3.24. The highest BCUT2D eigenvalue weighted by Gasteiger charge is 2.14. The van der Waals surface area contributed by atoms with Gasteiger partial charge in [-0.1, -0.05) is 28.0 Å². The summed E-state index contributed by atoms with van der Waals surface area (Å²) in [5, 5.41) is 33.4. The minimum atomic E-state index is -1.07. The Morgan fingerprint density at radius 2 is 1.03 bits per heavy atom. The van der Waals surface area contributed by atoms with Crippen LogP contribution in [-0.2, 0) is 19.2 Å². The van der Waals surface area contributed by atoms with Crippen LogP contribution in [0.1, 0.15) is 25.7 Å². The van der Waals surface area contributed by atoms with Crippen LogP contribution in [0.3, 0.4) is 0 Å². The summed E-state index contributed by atoms with van der Waals surface area (Å²) in [4.78, 5) is 40.7. The normalized spacial score (nSPS) is 13.8.